The van der Waals surface area contributed by atoms with Crippen LogP contribution in [-0.2, 0) is 0 Å². The predicted octanol–water partition coefficient (Wildman–Crippen LogP) is 7.98. The van der Waals surface area contributed by atoms with E-state index in [1.807, 2.05) is 6.92 Å². The summed E-state index contributed by atoms with van der Waals surface area (Å²) < 4.78 is 2.13. The first-order valence-corrected chi connectivity index (χ1v) is 13.4. The molecular weight excluding hydrogens is 562 g/mol. The number of rotatable bonds is 4. The van der Waals surface area contributed by atoms with Crippen LogP contribution in [0.15, 0.2) is 68.2 Å². The van der Waals surface area contributed by atoms with Crippen molar-refractivity contribution in [2.75, 3.05) is 5.01 Å². The van der Waals surface area contributed by atoms with Gasteiger partial charge in [0.2, 0.25) is 5.13 Å². The molecule has 1 aliphatic heterocycles. The summed E-state index contributed by atoms with van der Waals surface area (Å²) in [7, 11) is 0. The van der Waals surface area contributed by atoms with E-state index in [0.29, 0.717) is 4.88 Å². The summed E-state index contributed by atoms with van der Waals surface area (Å²) in [6.45, 7) is 3.51. The lowest BCUT2D eigenvalue weighted by atomic mass is 9.77. The number of hydrazone groups is 1. The van der Waals surface area contributed by atoms with E-state index in [0.717, 1.165) is 44.7 Å². The van der Waals surface area contributed by atoms with Crippen LogP contribution < -0.4 is 5.01 Å². The van der Waals surface area contributed by atoms with E-state index in [2.05, 4.69) is 91.5 Å². The van der Waals surface area contributed by atoms with Crippen LogP contribution in [0.2, 0.25) is 0 Å². The molecule has 3 aromatic rings. The SMILES string of the molecule is CC(=O)c1sc(N2N=C3/C(=C\c4ccc(Br)cc4)CCC[C@@H]3[C@H]2c2ccc(Br)cc2)nc1C. The molecule has 4 nitrogen and oxygen atoms in total. The van der Waals surface area contributed by atoms with Crippen molar-refractivity contribution in [2.45, 2.75) is 39.2 Å². The fourth-order valence-corrected chi connectivity index (χ4v) is 6.20. The highest BCUT2D eigenvalue weighted by Gasteiger charge is 2.43. The first-order chi connectivity index (χ1) is 15.9. The number of benzene rings is 2. The molecule has 1 aliphatic carbocycles. The molecule has 0 spiro atoms. The summed E-state index contributed by atoms with van der Waals surface area (Å²) in [4.78, 5) is 17.6. The van der Waals surface area contributed by atoms with Gasteiger partial charge in [-0.1, -0.05) is 67.5 Å². The second-order valence-corrected chi connectivity index (χ2v) is 11.3. The second-order valence-electron chi connectivity index (χ2n) is 8.51. The lowest BCUT2D eigenvalue weighted by Gasteiger charge is -2.29. The molecule has 0 amide bonds. The topological polar surface area (TPSA) is 45.6 Å². The van der Waals surface area contributed by atoms with Crippen LogP contribution in [0.25, 0.3) is 6.08 Å². The minimum atomic E-state index is 0.0523. The van der Waals surface area contributed by atoms with Gasteiger partial charge in [0.05, 0.1) is 22.3 Å². The highest BCUT2D eigenvalue weighted by atomic mass is 79.9. The number of nitrogens with zero attached hydrogens (tertiary/aromatic N) is 3. The van der Waals surface area contributed by atoms with Crippen molar-refractivity contribution in [3.8, 4) is 0 Å². The van der Waals surface area contributed by atoms with Gasteiger partial charge >= 0.3 is 0 Å². The summed E-state index contributed by atoms with van der Waals surface area (Å²) in [5.41, 5.74) is 5.61. The maximum absolute atomic E-state index is 12.1. The highest BCUT2D eigenvalue weighted by Crippen LogP contribution is 2.47. The Hall–Kier alpha value is -2.09. The Morgan fingerprint density at radius 3 is 2.39 bits per heavy atom. The van der Waals surface area contributed by atoms with Gasteiger partial charge in [-0.3, -0.25) is 4.79 Å². The number of aromatic nitrogens is 1. The van der Waals surface area contributed by atoms with Crippen molar-refractivity contribution >= 4 is 65.9 Å². The van der Waals surface area contributed by atoms with Crippen LogP contribution in [0.1, 0.15) is 58.7 Å². The zero-order valence-electron chi connectivity index (χ0n) is 18.4. The third-order valence-electron chi connectivity index (χ3n) is 6.23. The van der Waals surface area contributed by atoms with Gasteiger partial charge < -0.3 is 0 Å². The number of hydrogen-bond acceptors (Lipinski definition) is 5. The van der Waals surface area contributed by atoms with Crippen molar-refractivity contribution in [2.24, 2.45) is 11.0 Å². The number of allylic oxidation sites excluding steroid dienone is 1. The summed E-state index contributed by atoms with van der Waals surface area (Å²) in [5.74, 6) is 0.336. The lowest BCUT2D eigenvalue weighted by Crippen LogP contribution is -2.28. The molecule has 0 bridgehead atoms. The second kappa shape index (κ2) is 9.28. The van der Waals surface area contributed by atoms with Gasteiger partial charge in [0.1, 0.15) is 0 Å². The molecule has 1 aromatic heterocycles. The Bertz CT molecular complexity index is 1260. The molecule has 1 fully saturated rings. The average Bonchev–Trinajstić information content (AvgIpc) is 3.37. The van der Waals surface area contributed by atoms with Crippen LogP contribution >= 0.6 is 43.2 Å². The van der Waals surface area contributed by atoms with Crippen LogP contribution in [0.5, 0.6) is 0 Å². The van der Waals surface area contributed by atoms with Crippen LogP contribution in [0.4, 0.5) is 5.13 Å². The zero-order valence-corrected chi connectivity index (χ0v) is 22.4. The van der Waals surface area contributed by atoms with E-state index in [-0.39, 0.29) is 17.7 Å². The molecule has 0 saturated heterocycles. The summed E-state index contributed by atoms with van der Waals surface area (Å²) in [5, 5.41) is 8.02. The third-order valence-corrected chi connectivity index (χ3v) is 8.53. The van der Waals surface area contributed by atoms with Crippen molar-refractivity contribution in [1.29, 1.82) is 0 Å². The molecule has 0 unspecified atom stereocenters. The Morgan fingerprint density at radius 1 is 1.09 bits per heavy atom. The molecule has 1 saturated carbocycles. The Labute approximate surface area is 214 Å². The molecule has 168 valence electrons. The highest BCUT2D eigenvalue weighted by molar-refractivity contribution is 9.10. The van der Waals surface area contributed by atoms with Gasteiger partial charge in [0, 0.05) is 21.8 Å². The molecule has 0 N–H and O–H groups in total. The largest absolute Gasteiger partial charge is 0.294 e. The van der Waals surface area contributed by atoms with Gasteiger partial charge in [-0.05, 0) is 73.2 Å². The number of Topliss-reactive ketones (excluding diaryl/α,β-unsaturated/α-hetero) is 1. The fraction of sp³-hybridized carbons (Fsp3) is 0.269. The first-order valence-electron chi connectivity index (χ1n) is 11.0. The van der Waals surface area contributed by atoms with Crippen LogP contribution in [0, 0.1) is 12.8 Å². The van der Waals surface area contributed by atoms with Crippen molar-refractivity contribution in [3.05, 3.63) is 84.7 Å². The Morgan fingerprint density at radius 2 is 1.76 bits per heavy atom. The summed E-state index contributed by atoms with van der Waals surface area (Å²) in [6, 6.07) is 17.0. The maximum atomic E-state index is 12.1. The number of aryl methyl sites for hydroxylation is 1. The number of anilines is 1. The molecule has 2 heterocycles. The first kappa shape index (κ1) is 22.7. The standard InChI is InChI=1S/C26H23Br2N3OS/c1-15-25(16(2)32)33-26(29-15)31-24(18-8-12-21(28)13-9-18)22-5-3-4-19(23(22)30-31)14-17-6-10-20(27)11-7-17/h6-14,22,24H,3-5H2,1-2H3/b19-14-/t22-,24+/m0/s1. The number of carbonyl (C=O) groups excluding carboxylic acids is 1. The van der Waals surface area contributed by atoms with E-state index in [1.54, 1.807) is 6.92 Å². The van der Waals surface area contributed by atoms with Crippen molar-refractivity contribution in [3.63, 3.8) is 0 Å². The van der Waals surface area contributed by atoms with Gasteiger partial charge in [0.15, 0.2) is 5.78 Å². The Kier molecular flexibility index (Phi) is 6.38. The van der Waals surface area contributed by atoms with Gasteiger partial charge in [0.25, 0.3) is 0 Å². The third kappa shape index (κ3) is 4.51. The number of ketones is 1. The number of thiazole rings is 1. The van der Waals surface area contributed by atoms with E-state index < -0.39 is 0 Å². The number of carbonyl (C=O) groups is 1. The number of fused-ring (bicyclic) bond motifs is 1. The van der Waals surface area contributed by atoms with Crippen molar-refractivity contribution in [1.82, 2.24) is 4.98 Å². The summed E-state index contributed by atoms with van der Waals surface area (Å²) in [6.07, 6.45) is 5.50. The normalized spacial score (nSPS) is 21.3. The molecule has 0 radical (unpaired) electrons. The fourth-order valence-electron chi connectivity index (χ4n) is 4.72. The quantitative estimate of drug-likeness (QED) is 0.292. The molecular formula is C26H23Br2N3OS. The van der Waals surface area contributed by atoms with E-state index in [4.69, 9.17) is 10.1 Å². The molecule has 2 aromatic carbocycles. The smallest absolute Gasteiger partial charge is 0.207 e. The molecule has 33 heavy (non-hydrogen) atoms. The van der Waals surface area contributed by atoms with Gasteiger partial charge in [-0.2, -0.15) is 5.10 Å². The van der Waals surface area contributed by atoms with E-state index >= 15 is 0 Å². The minimum absolute atomic E-state index is 0.0523. The molecule has 7 heteroatoms. The van der Waals surface area contributed by atoms with Crippen molar-refractivity contribution < 1.29 is 4.79 Å². The number of halogens is 2. The molecule has 5 rings (SSSR count). The molecule has 2 atom stereocenters. The predicted molar refractivity (Wildman–Crippen MR) is 143 cm³/mol. The summed E-state index contributed by atoms with van der Waals surface area (Å²) >= 11 is 8.53. The minimum Gasteiger partial charge on any atom is -0.294 e. The van der Waals surface area contributed by atoms with Crippen LogP contribution in [-0.4, -0.2) is 16.5 Å². The maximum Gasteiger partial charge on any atom is 0.207 e. The van der Waals surface area contributed by atoms with Crippen LogP contribution in [0.3, 0.4) is 0 Å². The van der Waals surface area contributed by atoms with E-state index in [9.17, 15) is 4.79 Å². The van der Waals surface area contributed by atoms with E-state index in [1.165, 1.54) is 28.0 Å². The van der Waals surface area contributed by atoms with Gasteiger partial charge in [-0.25, -0.2) is 9.99 Å². The zero-order chi connectivity index (χ0) is 23.1. The number of hydrogen-bond donors (Lipinski definition) is 0. The monoisotopic (exact) mass is 583 g/mol. The Balaban J connectivity index is 1.60. The average molecular weight is 585 g/mol. The lowest BCUT2D eigenvalue weighted by molar-refractivity contribution is 0.102. The molecule has 2 aliphatic rings. The van der Waals surface area contributed by atoms with Gasteiger partial charge in [-0.15, -0.1) is 0 Å².